The summed E-state index contributed by atoms with van der Waals surface area (Å²) < 4.78 is 32.6. The van der Waals surface area contributed by atoms with Gasteiger partial charge in [0.15, 0.2) is 0 Å². The van der Waals surface area contributed by atoms with E-state index in [9.17, 15) is 18.0 Å². The third kappa shape index (κ3) is 6.35. The van der Waals surface area contributed by atoms with Crippen LogP contribution in [0.5, 0.6) is 0 Å². The van der Waals surface area contributed by atoms with Crippen LogP contribution in [0.3, 0.4) is 0 Å². The Bertz CT molecular complexity index is 1200. The number of benzene rings is 3. The van der Waals surface area contributed by atoms with Crippen LogP contribution in [-0.4, -0.2) is 33.0 Å². The number of nitrogens with zero attached hydrogens (tertiary/aromatic N) is 1. The largest absolute Gasteiger partial charge is 0.445 e. The Morgan fingerprint density at radius 2 is 1.50 bits per heavy atom. The van der Waals surface area contributed by atoms with E-state index in [1.165, 1.54) is 35.5 Å². The topological polar surface area (TPSA) is 105 Å². The fourth-order valence-corrected chi connectivity index (χ4v) is 4.65. The second-order valence-electron chi connectivity index (χ2n) is 7.45. The predicted octanol–water partition coefficient (Wildman–Crippen LogP) is 4.16. The lowest BCUT2D eigenvalue weighted by atomic mass is 10.2. The van der Waals surface area contributed by atoms with E-state index in [4.69, 9.17) is 4.74 Å². The number of amides is 2. The van der Waals surface area contributed by atoms with E-state index in [0.29, 0.717) is 11.4 Å². The van der Waals surface area contributed by atoms with Gasteiger partial charge in [0, 0.05) is 12.2 Å². The van der Waals surface area contributed by atoms with Crippen LogP contribution in [0.1, 0.15) is 19.4 Å². The van der Waals surface area contributed by atoms with E-state index >= 15 is 0 Å². The second-order valence-corrected chi connectivity index (χ2v) is 9.31. The molecule has 3 aromatic carbocycles. The summed E-state index contributed by atoms with van der Waals surface area (Å²) in [4.78, 5) is 24.5. The molecule has 1 atom stereocenters. The highest BCUT2D eigenvalue weighted by molar-refractivity contribution is 7.92. The number of ether oxygens (including phenoxy) is 1. The Labute approximate surface area is 199 Å². The summed E-state index contributed by atoms with van der Waals surface area (Å²) in [5, 5.41) is 5.13. The van der Waals surface area contributed by atoms with Crippen molar-refractivity contribution in [2.75, 3.05) is 16.2 Å². The van der Waals surface area contributed by atoms with Gasteiger partial charge in [-0.2, -0.15) is 0 Å². The fraction of sp³-hybridized carbons (Fsp3) is 0.200. The van der Waals surface area contributed by atoms with Crippen molar-refractivity contribution < 1.29 is 22.7 Å². The van der Waals surface area contributed by atoms with Gasteiger partial charge in [0.25, 0.3) is 10.0 Å². The van der Waals surface area contributed by atoms with Crippen LogP contribution in [0.4, 0.5) is 16.2 Å². The van der Waals surface area contributed by atoms with Crippen LogP contribution in [0, 0.1) is 0 Å². The summed E-state index contributed by atoms with van der Waals surface area (Å²) in [5.74, 6) is -0.466. The van der Waals surface area contributed by atoms with Crippen molar-refractivity contribution in [1.82, 2.24) is 5.32 Å². The SMILES string of the molecule is CCN(c1ccccc1)S(=O)(=O)c1ccc(NC(=O)[C@H](C)NC(=O)OCc2ccccc2)cc1. The van der Waals surface area contributed by atoms with Gasteiger partial charge in [-0.3, -0.25) is 9.10 Å². The predicted molar refractivity (Wildman–Crippen MR) is 131 cm³/mol. The van der Waals surface area contributed by atoms with E-state index in [0.717, 1.165) is 5.56 Å². The van der Waals surface area contributed by atoms with Crippen molar-refractivity contribution in [2.45, 2.75) is 31.4 Å². The fourth-order valence-electron chi connectivity index (χ4n) is 3.18. The van der Waals surface area contributed by atoms with E-state index in [1.807, 2.05) is 36.4 Å². The average Bonchev–Trinajstić information content (AvgIpc) is 2.84. The average molecular weight is 482 g/mol. The molecule has 3 aromatic rings. The van der Waals surface area contributed by atoms with Crippen LogP contribution in [0.25, 0.3) is 0 Å². The molecule has 2 N–H and O–H groups in total. The maximum Gasteiger partial charge on any atom is 0.408 e. The molecule has 34 heavy (non-hydrogen) atoms. The Morgan fingerprint density at radius 1 is 0.912 bits per heavy atom. The molecule has 0 heterocycles. The third-order valence-electron chi connectivity index (χ3n) is 4.98. The maximum absolute atomic E-state index is 13.1. The van der Waals surface area contributed by atoms with Crippen LogP contribution in [-0.2, 0) is 26.2 Å². The van der Waals surface area contributed by atoms with Gasteiger partial charge in [-0.05, 0) is 55.8 Å². The number of carbonyl (C=O) groups excluding carboxylic acids is 2. The molecular weight excluding hydrogens is 454 g/mol. The molecule has 0 saturated carbocycles. The molecule has 2 amide bonds. The molecule has 9 heteroatoms. The number of para-hydroxylation sites is 1. The molecule has 178 valence electrons. The first-order valence-electron chi connectivity index (χ1n) is 10.8. The highest BCUT2D eigenvalue weighted by Gasteiger charge is 2.23. The summed E-state index contributed by atoms with van der Waals surface area (Å²) in [5.41, 5.74) is 1.80. The maximum atomic E-state index is 13.1. The van der Waals surface area contributed by atoms with E-state index in [2.05, 4.69) is 10.6 Å². The van der Waals surface area contributed by atoms with Crippen molar-refractivity contribution in [1.29, 1.82) is 0 Å². The van der Waals surface area contributed by atoms with Gasteiger partial charge >= 0.3 is 6.09 Å². The van der Waals surface area contributed by atoms with E-state index < -0.39 is 28.1 Å². The third-order valence-corrected chi connectivity index (χ3v) is 6.90. The molecular formula is C25H27N3O5S. The van der Waals surface area contributed by atoms with Gasteiger partial charge in [-0.15, -0.1) is 0 Å². The summed E-state index contributed by atoms with van der Waals surface area (Å²) in [6.07, 6.45) is -0.714. The first-order valence-corrected chi connectivity index (χ1v) is 12.2. The molecule has 0 aromatic heterocycles. The zero-order chi connectivity index (χ0) is 24.6. The summed E-state index contributed by atoms with van der Waals surface area (Å²) in [6, 6.07) is 23.0. The van der Waals surface area contributed by atoms with Gasteiger partial charge in [0.05, 0.1) is 10.6 Å². The second kappa shape index (κ2) is 11.3. The standard InChI is InChI=1S/C25H27N3O5S/c1-3-28(22-12-8-5-9-13-22)34(31,32)23-16-14-21(15-17-23)27-24(29)19(2)26-25(30)33-18-20-10-6-4-7-11-20/h4-17,19H,3,18H2,1-2H3,(H,26,30)(H,27,29)/t19-/m0/s1. The van der Waals surface area contributed by atoms with Gasteiger partial charge in [-0.25, -0.2) is 13.2 Å². The number of sulfonamides is 1. The van der Waals surface area contributed by atoms with Crippen molar-refractivity contribution in [3.63, 3.8) is 0 Å². The normalized spacial score (nSPS) is 11.8. The Kier molecular flexibility index (Phi) is 8.26. The molecule has 0 spiro atoms. The molecule has 0 unspecified atom stereocenters. The molecule has 0 bridgehead atoms. The number of hydrogen-bond donors (Lipinski definition) is 2. The number of carbonyl (C=O) groups is 2. The summed E-state index contributed by atoms with van der Waals surface area (Å²) in [7, 11) is -3.76. The first-order chi connectivity index (χ1) is 16.3. The Balaban J connectivity index is 1.58. The van der Waals surface area contributed by atoms with Crippen LogP contribution in [0.15, 0.2) is 89.8 Å². The van der Waals surface area contributed by atoms with Crippen molar-refractivity contribution in [3.05, 3.63) is 90.5 Å². The Hall–Kier alpha value is -3.85. The van der Waals surface area contributed by atoms with Gasteiger partial charge in [-0.1, -0.05) is 48.5 Å². The molecule has 8 nitrogen and oxygen atoms in total. The minimum atomic E-state index is -3.76. The van der Waals surface area contributed by atoms with E-state index in [-0.39, 0.29) is 18.0 Å². The lowest BCUT2D eigenvalue weighted by Gasteiger charge is -2.23. The summed E-state index contributed by atoms with van der Waals surface area (Å²) >= 11 is 0. The number of alkyl carbamates (subject to hydrolysis) is 1. The molecule has 0 aliphatic rings. The zero-order valence-electron chi connectivity index (χ0n) is 19.0. The highest BCUT2D eigenvalue weighted by atomic mass is 32.2. The minimum absolute atomic E-state index is 0.0920. The molecule has 0 aliphatic carbocycles. The quantitative estimate of drug-likeness (QED) is 0.478. The number of nitrogens with one attached hydrogen (secondary N) is 2. The molecule has 0 radical (unpaired) electrons. The number of rotatable bonds is 9. The first kappa shape index (κ1) is 24.8. The minimum Gasteiger partial charge on any atom is -0.445 e. The molecule has 0 saturated heterocycles. The molecule has 0 aliphatic heterocycles. The monoisotopic (exact) mass is 481 g/mol. The summed E-state index contributed by atoms with van der Waals surface area (Å²) in [6.45, 7) is 3.65. The lowest BCUT2D eigenvalue weighted by Crippen LogP contribution is -2.41. The number of hydrogen-bond acceptors (Lipinski definition) is 5. The van der Waals surface area contributed by atoms with Crippen LogP contribution >= 0.6 is 0 Å². The molecule has 3 rings (SSSR count). The van der Waals surface area contributed by atoms with Crippen molar-refractivity contribution >= 4 is 33.4 Å². The van der Waals surface area contributed by atoms with Crippen LogP contribution < -0.4 is 14.9 Å². The van der Waals surface area contributed by atoms with Crippen molar-refractivity contribution in [3.8, 4) is 0 Å². The Morgan fingerprint density at radius 3 is 2.09 bits per heavy atom. The smallest absolute Gasteiger partial charge is 0.408 e. The van der Waals surface area contributed by atoms with Gasteiger partial charge in [0.1, 0.15) is 12.6 Å². The zero-order valence-corrected chi connectivity index (χ0v) is 19.8. The lowest BCUT2D eigenvalue weighted by molar-refractivity contribution is -0.117. The highest BCUT2D eigenvalue weighted by Crippen LogP contribution is 2.24. The number of anilines is 2. The molecule has 0 fully saturated rings. The van der Waals surface area contributed by atoms with Crippen LogP contribution in [0.2, 0.25) is 0 Å². The van der Waals surface area contributed by atoms with E-state index in [1.54, 1.807) is 31.2 Å². The van der Waals surface area contributed by atoms with Crippen molar-refractivity contribution in [2.24, 2.45) is 0 Å². The van der Waals surface area contributed by atoms with Gasteiger partial charge in [0.2, 0.25) is 5.91 Å². The van der Waals surface area contributed by atoms with Gasteiger partial charge < -0.3 is 15.4 Å².